The van der Waals surface area contributed by atoms with Crippen molar-refractivity contribution in [3.8, 4) is 0 Å². The number of esters is 7. The minimum Gasteiger partial charge on any atom is -0.463 e. The van der Waals surface area contributed by atoms with E-state index in [4.69, 9.17) is 47.4 Å². The van der Waals surface area contributed by atoms with Crippen LogP contribution >= 0.6 is 0 Å². The molecule has 0 aromatic heterocycles. The standard InChI is InChI=1S/C25H34O17/c1-10(26)33-8-17-20(36-12(3)28)22(38-14(5)30)24(41-17)34-9-18-19(35-11(2)27)21(37-13(4)29)23(39-15(6)31)25(42-18)40-16(7)32/h17-25H,8-9H2,1-7H3/t17-,18-,19-,20-,21+,22+,23-,24-,25+/m1/s1. The van der Waals surface area contributed by atoms with Gasteiger partial charge in [0.25, 0.3) is 0 Å². The summed E-state index contributed by atoms with van der Waals surface area (Å²) in [6.07, 6.45) is -12.8. The maximum Gasteiger partial charge on any atom is 0.305 e. The number of carbonyl (C=O) groups excluding carboxylic acids is 7. The molecular weight excluding hydrogens is 572 g/mol. The Morgan fingerprint density at radius 3 is 1.24 bits per heavy atom. The van der Waals surface area contributed by atoms with Crippen molar-refractivity contribution in [2.45, 2.75) is 104 Å². The SMILES string of the molecule is CC(=O)OC[C@H]1O[C@@H](OC[C@H]2O[C@H](OC(C)=O)[C@H](OC(C)=O)[C@@H](OC(C)=O)[C@@H]2OC(C)=O)[C@@H](OC(C)=O)[C@@H]1OC(C)=O. The smallest absolute Gasteiger partial charge is 0.305 e. The maximum atomic E-state index is 12.0. The van der Waals surface area contributed by atoms with Gasteiger partial charge in [-0.1, -0.05) is 0 Å². The first-order chi connectivity index (χ1) is 19.6. The zero-order valence-corrected chi connectivity index (χ0v) is 24.1. The molecule has 2 heterocycles. The van der Waals surface area contributed by atoms with E-state index in [1.54, 1.807) is 0 Å². The minimum atomic E-state index is -1.64. The third-order valence-electron chi connectivity index (χ3n) is 5.53. The van der Waals surface area contributed by atoms with Crippen molar-refractivity contribution < 1.29 is 80.9 Å². The number of rotatable bonds is 11. The van der Waals surface area contributed by atoms with Gasteiger partial charge in [-0.25, -0.2) is 0 Å². The van der Waals surface area contributed by atoms with Crippen molar-refractivity contribution in [2.75, 3.05) is 13.2 Å². The largest absolute Gasteiger partial charge is 0.463 e. The second-order valence-corrected chi connectivity index (χ2v) is 9.20. The van der Waals surface area contributed by atoms with Gasteiger partial charge in [-0.2, -0.15) is 0 Å². The molecule has 0 aromatic carbocycles. The molecule has 236 valence electrons. The number of hydrogen-bond donors (Lipinski definition) is 0. The Balaban J connectivity index is 2.42. The summed E-state index contributed by atoms with van der Waals surface area (Å²) in [6.45, 7) is 6.58. The molecule has 2 saturated heterocycles. The second-order valence-electron chi connectivity index (χ2n) is 9.20. The Morgan fingerprint density at radius 1 is 0.429 bits per heavy atom. The first kappa shape index (κ1) is 34.4. The number of carbonyl (C=O) groups is 7. The van der Waals surface area contributed by atoms with Gasteiger partial charge in [-0.3, -0.25) is 33.6 Å². The van der Waals surface area contributed by atoms with Crippen LogP contribution in [0.1, 0.15) is 48.5 Å². The van der Waals surface area contributed by atoms with Crippen LogP contribution in [0.15, 0.2) is 0 Å². The average Bonchev–Trinajstić information content (AvgIpc) is 3.14. The molecule has 0 N–H and O–H groups in total. The van der Waals surface area contributed by atoms with Gasteiger partial charge >= 0.3 is 41.8 Å². The first-order valence-corrected chi connectivity index (χ1v) is 12.7. The summed E-state index contributed by atoms with van der Waals surface area (Å²) in [6, 6.07) is 0. The molecular formula is C25H34O17. The van der Waals surface area contributed by atoms with E-state index in [2.05, 4.69) is 0 Å². The third kappa shape index (κ3) is 10.2. The lowest BCUT2D eigenvalue weighted by molar-refractivity contribution is -0.307. The van der Waals surface area contributed by atoms with Crippen LogP contribution in [-0.2, 0) is 80.9 Å². The zero-order valence-electron chi connectivity index (χ0n) is 24.1. The maximum absolute atomic E-state index is 12.0. The van der Waals surface area contributed by atoms with Crippen molar-refractivity contribution >= 4 is 41.8 Å². The molecule has 0 unspecified atom stereocenters. The van der Waals surface area contributed by atoms with Crippen molar-refractivity contribution in [3.63, 3.8) is 0 Å². The van der Waals surface area contributed by atoms with Crippen LogP contribution in [0.2, 0.25) is 0 Å². The number of hydrogen-bond acceptors (Lipinski definition) is 17. The molecule has 2 aliphatic heterocycles. The van der Waals surface area contributed by atoms with Gasteiger partial charge in [0.2, 0.25) is 12.4 Å². The fraction of sp³-hybridized carbons (Fsp3) is 0.720. The van der Waals surface area contributed by atoms with Crippen LogP contribution in [-0.4, -0.2) is 110 Å². The van der Waals surface area contributed by atoms with E-state index < -0.39 is 110 Å². The highest BCUT2D eigenvalue weighted by atomic mass is 16.8. The summed E-state index contributed by atoms with van der Waals surface area (Å²) in [5.74, 6) is -5.62. The Morgan fingerprint density at radius 2 is 0.786 bits per heavy atom. The minimum absolute atomic E-state index is 0.395. The Bertz CT molecular complexity index is 1040. The van der Waals surface area contributed by atoms with Crippen molar-refractivity contribution in [1.82, 2.24) is 0 Å². The lowest BCUT2D eigenvalue weighted by Gasteiger charge is -2.43. The van der Waals surface area contributed by atoms with Crippen LogP contribution in [0.4, 0.5) is 0 Å². The summed E-state index contributed by atoms with van der Waals surface area (Å²) in [7, 11) is 0. The molecule has 17 heteroatoms. The predicted molar refractivity (Wildman–Crippen MR) is 129 cm³/mol. The average molecular weight is 607 g/mol. The van der Waals surface area contributed by atoms with Crippen LogP contribution in [0.3, 0.4) is 0 Å². The molecule has 0 radical (unpaired) electrons. The molecule has 2 fully saturated rings. The predicted octanol–water partition coefficient (Wildman–Crippen LogP) is -0.762. The topological polar surface area (TPSA) is 212 Å². The molecule has 0 saturated carbocycles. The van der Waals surface area contributed by atoms with Crippen LogP contribution < -0.4 is 0 Å². The van der Waals surface area contributed by atoms with Crippen LogP contribution in [0.25, 0.3) is 0 Å². The lowest BCUT2D eigenvalue weighted by atomic mass is 9.98. The van der Waals surface area contributed by atoms with E-state index >= 15 is 0 Å². The molecule has 0 aliphatic carbocycles. The van der Waals surface area contributed by atoms with E-state index in [9.17, 15) is 33.6 Å². The molecule has 2 aliphatic rings. The van der Waals surface area contributed by atoms with Gasteiger partial charge in [0.1, 0.15) is 18.8 Å². The van der Waals surface area contributed by atoms with Crippen molar-refractivity contribution in [3.05, 3.63) is 0 Å². The quantitative estimate of drug-likeness (QED) is 0.209. The van der Waals surface area contributed by atoms with E-state index in [1.165, 1.54) is 0 Å². The van der Waals surface area contributed by atoms with Gasteiger partial charge in [-0.05, 0) is 0 Å². The Hall–Kier alpha value is -3.83. The molecule has 42 heavy (non-hydrogen) atoms. The van der Waals surface area contributed by atoms with E-state index in [0.717, 1.165) is 48.5 Å². The molecule has 0 spiro atoms. The van der Waals surface area contributed by atoms with Crippen molar-refractivity contribution in [1.29, 1.82) is 0 Å². The summed E-state index contributed by atoms with van der Waals surface area (Å²) in [4.78, 5) is 82.6. The lowest BCUT2D eigenvalue weighted by Crippen LogP contribution is -2.63. The zero-order chi connectivity index (χ0) is 31.7. The second kappa shape index (κ2) is 15.4. The van der Waals surface area contributed by atoms with E-state index in [1.807, 2.05) is 0 Å². The summed E-state index contributed by atoms with van der Waals surface area (Å²) >= 11 is 0. The normalized spacial score (nSPS) is 30.3. The summed E-state index contributed by atoms with van der Waals surface area (Å²) in [5, 5.41) is 0. The van der Waals surface area contributed by atoms with Gasteiger partial charge in [-0.15, -0.1) is 0 Å². The molecule has 0 bridgehead atoms. The fourth-order valence-corrected chi connectivity index (χ4v) is 4.25. The third-order valence-corrected chi connectivity index (χ3v) is 5.53. The molecule has 9 atom stereocenters. The first-order valence-electron chi connectivity index (χ1n) is 12.7. The van der Waals surface area contributed by atoms with Gasteiger partial charge in [0.05, 0.1) is 6.61 Å². The van der Waals surface area contributed by atoms with E-state index in [0.29, 0.717) is 0 Å². The molecule has 0 amide bonds. The fourth-order valence-electron chi connectivity index (χ4n) is 4.25. The highest BCUT2D eigenvalue weighted by Gasteiger charge is 2.55. The molecule has 2 rings (SSSR count). The highest BCUT2D eigenvalue weighted by Crippen LogP contribution is 2.32. The highest BCUT2D eigenvalue weighted by molar-refractivity contribution is 5.69. The van der Waals surface area contributed by atoms with Gasteiger partial charge in [0, 0.05) is 48.5 Å². The van der Waals surface area contributed by atoms with Gasteiger partial charge < -0.3 is 47.4 Å². The Labute approximate surface area is 240 Å². The van der Waals surface area contributed by atoms with Gasteiger partial charge in [0.15, 0.2) is 30.7 Å². The summed E-state index contributed by atoms with van der Waals surface area (Å²) in [5.41, 5.74) is 0. The van der Waals surface area contributed by atoms with E-state index in [-0.39, 0.29) is 0 Å². The molecule has 0 aromatic rings. The molecule has 17 nitrogen and oxygen atoms in total. The van der Waals surface area contributed by atoms with Crippen LogP contribution in [0, 0.1) is 0 Å². The van der Waals surface area contributed by atoms with Crippen molar-refractivity contribution in [2.24, 2.45) is 0 Å². The number of ether oxygens (including phenoxy) is 10. The van der Waals surface area contributed by atoms with Crippen LogP contribution in [0.5, 0.6) is 0 Å². The Kier molecular flexibility index (Phi) is 12.6. The monoisotopic (exact) mass is 606 g/mol. The summed E-state index contributed by atoms with van der Waals surface area (Å²) < 4.78 is 53.8.